The van der Waals surface area contributed by atoms with Crippen LogP contribution in [0.5, 0.6) is 5.75 Å². The van der Waals surface area contributed by atoms with Crippen molar-refractivity contribution in [3.05, 3.63) is 29.8 Å². The van der Waals surface area contributed by atoms with Gasteiger partial charge in [-0.3, -0.25) is 4.79 Å². The first-order valence-corrected chi connectivity index (χ1v) is 6.74. The fourth-order valence-electron chi connectivity index (χ4n) is 1.73. The van der Waals surface area contributed by atoms with Crippen LogP contribution in [0.3, 0.4) is 0 Å². The quantitative estimate of drug-likeness (QED) is 0.715. The number of hydrogen-bond acceptors (Lipinski definition) is 3. The Morgan fingerprint density at radius 3 is 2.75 bits per heavy atom. The van der Waals surface area contributed by atoms with Crippen molar-refractivity contribution < 1.29 is 19.4 Å². The summed E-state index contributed by atoms with van der Waals surface area (Å²) >= 11 is 0. The van der Waals surface area contributed by atoms with Crippen LogP contribution >= 0.6 is 0 Å². The molecule has 0 aliphatic carbocycles. The molecular weight excluding hydrogens is 258 g/mol. The number of carbonyl (C=O) groups is 2. The van der Waals surface area contributed by atoms with E-state index in [1.807, 2.05) is 31.2 Å². The van der Waals surface area contributed by atoms with Gasteiger partial charge in [-0.05, 0) is 37.5 Å². The number of nitrogens with one attached hydrogen (secondary N) is 1. The Balaban J connectivity index is 2.24. The summed E-state index contributed by atoms with van der Waals surface area (Å²) in [5.41, 5.74) is 1.12. The number of carboxylic acids is 1. The van der Waals surface area contributed by atoms with Crippen molar-refractivity contribution >= 4 is 11.9 Å². The fourth-order valence-corrected chi connectivity index (χ4v) is 1.73. The molecule has 1 amide bonds. The minimum Gasteiger partial charge on any atom is -0.494 e. The fraction of sp³-hybridized carbons (Fsp3) is 0.467. The van der Waals surface area contributed by atoms with Crippen LogP contribution in [0, 0.1) is 6.92 Å². The minimum atomic E-state index is -1.00. The topological polar surface area (TPSA) is 75.6 Å². The monoisotopic (exact) mass is 279 g/mol. The van der Waals surface area contributed by atoms with Gasteiger partial charge in [0.05, 0.1) is 6.61 Å². The Morgan fingerprint density at radius 1 is 1.40 bits per heavy atom. The van der Waals surface area contributed by atoms with Crippen molar-refractivity contribution in [1.29, 1.82) is 0 Å². The van der Waals surface area contributed by atoms with Gasteiger partial charge in [0.2, 0.25) is 5.91 Å². The number of benzene rings is 1. The zero-order valence-electron chi connectivity index (χ0n) is 11.9. The predicted molar refractivity (Wildman–Crippen MR) is 75.8 cm³/mol. The van der Waals surface area contributed by atoms with Crippen molar-refractivity contribution in [3.8, 4) is 5.75 Å². The molecule has 110 valence electrons. The maximum Gasteiger partial charge on any atom is 0.326 e. The van der Waals surface area contributed by atoms with Crippen LogP contribution in [-0.4, -0.2) is 29.6 Å². The molecule has 0 bridgehead atoms. The first-order chi connectivity index (χ1) is 9.52. The summed E-state index contributed by atoms with van der Waals surface area (Å²) in [4.78, 5) is 22.3. The van der Waals surface area contributed by atoms with Gasteiger partial charge in [-0.25, -0.2) is 4.79 Å². The Morgan fingerprint density at radius 2 is 2.15 bits per heavy atom. The molecule has 1 aromatic rings. The van der Waals surface area contributed by atoms with E-state index in [0.29, 0.717) is 19.4 Å². The third kappa shape index (κ3) is 5.73. The molecule has 0 fully saturated rings. The summed E-state index contributed by atoms with van der Waals surface area (Å²) in [6.07, 6.45) is 1.19. The number of hydrogen-bond donors (Lipinski definition) is 2. The standard InChI is InChI=1S/C15H21NO4/c1-3-13(15(18)19)16-14(17)8-5-9-20-12-7-4-6-11(2)10-12/h4,6-7,10,13H,3,5,8-9H2,1-2H3,(H,16,17)(H,18,19)/t13-/m0/s1. The number of carboxylic acid groups (broad SMARTS) is 1. The number of rotatable bonds is 8. The van der Waals surface area contributed by atoms with Gasteiger partial charge < -0.3 is 15.2 Å². The molecular formula is C15H21NO4. The summed E-state index contributed by atoms with van der Waals surface area (Å²) < 4.78 is 5.52. The number of carbonyl (C=O) groups excluding carboxylic acids is 1. The lowest BCUT2D eigenvalue weighted by molar-refractivity contribution is -0.141. The van der Waals surface area contributed by atoms with E-state index in [2.05, 4.69) is 5.32 Å². The molecule has 0 heterocycles. The van der Waals surface area contributed by atoms with Crippen LogP contribution < -0.4 is 10.1 Å². The third-order valence-corrected chi connectivity index (χ3v) is 2.85. The number of ether oxygens (including phenoxy) is 1. The van der Waals surface area contributed by atoms with E-state index >= 15 is 0 Å². The maximum atomic E-state index is 11.6. The van der Waals surface area contributed by atoms with Crippen LogP contribution in [0.2, 0.25) is 0 Å². The first kappa shape index (κ1) is 16.0. The average molecular weight is 279 g/mol. The van der Waals surface area contributed by atoms with Crippen LogP contribution in [0.15, 0.2) is 24.3 Å². The highest BCUT2D eigenvalue weighted by molar-refractivity contribution is 5.83. The maximum absolute atomic E-state index is 11.6. The molecule has 5 nitrogen and oxygen atoms in total. The second-order valence-corrected chi connectivity index (χ2v) is 4.64. The summed E-state index contributed by atoms with van der Waals surface area (Å²) in [7, 11) is 0. The smallest absolute Gasteiger partial charge is 0.326 e. The molecule has 0 aliphatic heterocycles. The van der Waals surface area contributed by atoms with Gasteiger partial charge in [0.15, 0.2) is 0 Å². The van der Waals surface area contributed by atoms with Gasteiger partial charge in [-0.2, -0.15) is 0 Å². The molecule has 1 atom stereocenters. The summed E-state index contributed by atoms with van der Waals surface area (Å²) in [5, 5.41) is 11.3. The van der Waals surface area contributed by atoms with Crippen molar-refractivity contribution in [2.75, 3.05) is 6.61 Å². The molecule has 0 radical (unpaired) electrons. The Bertz CT molecular complexity index is 459. The molecule has 1 rings (SSSR count). The molecule has 1 aromatic carbocycles. The molecule has 0 aromatic heterocycles. The third-order valence-electron chi connectivity index (χ3n) is 2.85. The van der Waals surface area contributed by atoms with Crippen molar-refractivity contribution in [3.63, 3.8) is 0 Å². The zero-order chi connectivity index (χ0) is 15.0. The number of aliphatic carboxylic acids is 1. The molecule has 0 aliphatic rings. The predicted octanol–water partition coefficient (Wildman–Crippen LogP) is 2.13. The SMILES string of the molecule is CC[C@H](NC(=O)CCCOc1cccc(C)c1)C(=O)O. The molecule has 0 saturated carbocycles. The first-order valence-electron chi connectivity index (χ1n) is 6.74. The van der Waals surface area contributed by atoms with Gasteiger partial charge in [0.1, 0.15) is 11.8 Å². The Hall–Kier alpha value is -2.04. The van der Waals surface area contributed by atoms with E-state index in [9.17, 15) is 9.59 Å². The highest BCUT2D eigenvalue weighted by Gasteiger charge is 2.16. The minimum absolute atomic E-state index is 0.257. The van der Waals surface area contributed by atoms with Crippen LogP contribution in [0.1, 0.15) is 31.7 Å². The lowest BCUT2D eigenvalue weighted by Gasteiger charge is -2.12. The van der Waals surface area contributed by atoms with Crippen molar-refractivity contribution in [2.45, 2.75) is 39.2 Å². The van der Waals surface area contributed by atoms with E-state index in [1.165, 1.54) is 0 Å². The van der Waals surface area contributed by atoms with E-state index in [4.69, 9.17) is 9.84 Å². The van der Waals surface area contributed by atoms with E-state index in [-0.39, 0.29) is 12.3 Å². The van der Waals surface area contributed by atoms with E-state index in [0.717, 1.165) is 11.3 Å². The summed E-state index contributed by atoms with van der Waals surface area (Å²) in [5.74, 6) is -0.480. The summed E-state index contributed by atoms with van der Waals surface area (Å²) in [6.45, 7) is 4.14. The molecule has 0 saturated heterocycles. The second kappa shape index (κ2) is 8.19. The molecule has 0 spiro atoms. The van der Waals surface area contributed by atoms with Crippen LogP contribution in [-0.2, 0) is 9.59 Å². The normalized spacial score (nSPS) is 11.7. The van der Waals surface area contributed by atoms with E-state index < -0.39 is 12.0 Å². The molecule has 2 N–H and O–H groups in total. The van der Waals surface area contributed by atoms with Gasteiger partial charge in [0.25, 0.3) is 0 Å². The Kier molecular flexibility index (Phi) is 6.56. The van der Waals surface area contributed by atoms with Gasteiger partial charge in [-0.15, -0.1) is 0 Å². The van der Waals surface area contributed by atoms with Crippen LogP contribution in [0.4, 0.5) is 0 Å². The molecule has 0 unspecified atom stereocenters. The van der Waals surface area contributed by atoms with Gasteiger partial charge >= 0.3 is 5.97 Å². The summed E-state index contributed by atoms with van der Waals surface area (Å²) in [6, 6.07) is 6.88. The average Bonchev–Trinajstić information content (AvgIpc) is 2.40. The molecule has 5 heteroatoms. The van der Waals surface area contributed by atoms with Gasteiger partial charge in [0, 0.05) is 6.42 Å². The highest BCUT2D eigenvalue weighted by Crippen LogP contribution is 2.12. The second-order valence-electron chi connectivity index (χ2n) is 4.64. The highest BCUT2D eigenvalue weighted by atomic mass is 16.5. The Labute approximate surface area is 118 Å². The van der Waals surface area contributed by atoms with Crippen molar-refractivity contribution in [1.82, 2.24) is 5.32 Å². The zero-order valence-corrected chi connectivity index (χ0v) is 11.9. The lowest BCUT2D eigenvalue weighted by atomic mass is 10.2. The lowest BCUT2D eigenvalue weighted by Crippen LogP contribution is -2.40. The van der Waals surface area contributed by atoms with E-state index in [1.54, 1.807) is 6.92 Å². The van der Waals surface area contributed by atoms with Crippen LogP contribution in [0.25, 0.3) is 0 Å². The van der Waals surface area contributed by atoms with Crippen molar-refractivity contribution in [2.24, 2.45) is 0 Å². The largest absolute Gasteiger partial charge is 0.494 e. The number of amides is 1. The number of aryl methyl sites for hydroxylation is 1. The van der Waals surface area contributed by atoms with Gasteiger partial charge in [-0.1, -0.05) is 19.1 Å². The molecule has 20 heavy (non-hydrogen) atoms.